The minimum absolute atomic E-state index is 0.0154. The van der Waals surface area contributed by atoms with Gasteiger partial charge in [-0.1, -0.05) is 47.9 Å². The van der Waals surface area contributed by atoms with Crippen molar-refractivity contribution in [2.45, 2.75) is 140 Å². The third kappa shape index (κ3) is 12.4. The predicted octanol–water partition coefficient (Wildman–Crippen LogP) is 6.37. The van der Waals surface area contributed by atoms with Crippen LogP contribution < -0.4 is 16.0 Å². The molecule has 0 aromatic heterocycles. The van der Waals surface area contributed by atoms with Gasteiger partial charge in [0.2, 0.25) is 11.7 Å². The first-order chi connectivity index (χ1) is 34.4. The van der Waals surface area contributed by atoms with Crippen molar-refractivity contribution in [3.63, 3.8) is 0 Å². The Morgan fingerprint density at radius 3 is 2.22 bits per heavy atom. The highest BCUT2D eigenvalue weighted by Gasteiger charge is 2.80. The summed E-state index contributed by atoms with van der Waals surface area (Å²) in [5, 5.41) is 20.1. The summed E-state index contributed by atoms with van der Waals surface area (Å²) in [7, 11) is 2.98. The molecule has 4 N–H and O–H groups in total. The molecule has 0 bridgehead atoms. The van der Waals surface area contributed by atoms with Crippen molar-refractivity contribution in [3.05, 3.63) is 23.8 Å². The van der Waals surface area contributed by atoms with Crippen molar-refractivity contribution >= 4 is 51.2 Å². The molecule has 0 radical (unpaired) electrons. The van der Waals surface area contributed by atoms with Gasteiger partial charge in [-0.05, 0) is 101 Å². The smallest absolute Gasteiger partial charge is 0.407 e. The summed E-state index contributed by atoms with van der Waals surface area (Å²) in [6.45, 7) is 12.0. The molecule has 5 fully saturated rings. The Kier molecular flexibility index (Phi) is 19.3. The summed E-state index contributed by atoms with van der Waals surface area (Å²) in [6.07, 6.45) is 2.83. The zero-order chi connectivity index (χ0) is 51.7. The highest BCUT2D eigenvalue weighted by molar-refractivity contribution is 8.77. The van der Waals surface area contributed by atoms with Crippen molar-refractivity contribution < 1.29 is 71.0 Å². The second kappa shape index (κ2) is 24.6. The van der Waals surface area contributed by atoms with Crippen LogP contribution in [-0.4, -0.2) is 154 Å². The average molecular weight is 1050 g/mol. The molecule has 13 atom stereocenters. The van der Waals surface area contributed by atoms with E-state index in [1.54, 1.807) is 6.92 Å². The second-order valence-corrected chi connectivity index (χ2v) is 24.3. The van der Waals surface area contributed by atoms with E-state index in [9.17, 15) is 29.1 Å². The van der Waals surface area contributed by atoms with E-state index in [1.165, 1.54) is 40.7 Å². The largest absolute Gasteiger partial charge is 0.449 e. The molecule has 0 spiro atoms. The Morgan fingerprint density at radius 1 is 0.903 bits per heavy atom. The Morgan fingerprint density at radius 2 is 1.54 bits per heavy atom. The fraction of sp³-hybridized carbons (Fsp3) is 0.788. The van der Waals surface area contributed by atoms with Crippen LogP contribution >= 0.6 is 21.6 Å². The Hall–Kier alpha value is -3.29. The van der Waals surface area contributed by atoms with Gasteiger partial charge >= 0.3 is 12.2 Å². The van der Waals surface area contributed by atoms with Gasteiger partial charge in [-0.25, -0.2) is 18.4 Å². The number of nitrogens with one attached hydrogen (secondary N) is 3. The van der Waals surface area contributed by atoms with Crippen molar-refractivity contribution in [2.75, 3.05) is 78.2 Å². The van der Waals surface area contributed by atoms with Crippen LogP contribution in [-0.2, 0) is 47.5 Å². The molecule has 20 heteroatoms. The number of carbonyl (C=O) groups is 5. The van der Waals surface area contributed by atoms with Crippen LogP contribution in [0.1, 0.15) is 98.8 Å². The number of carbonyl (C=O) groups excluding carboxylic acids is 5. The maximum absolute atomic E-state index is 17.8. The van der Waals surface area contributed by atoms with Crippen LogP contribution in [0.4, 0.5) is 18.4 Å². The van der Waals surface area contributed by atoms with Crippen molar-refractivity contribution in [1.29, 1.82) is 0 Å². The Bertz CT molecular complexity index is 2070. The summed E-state index contributed by atoms with van der Waals surface area (Å²) in [6, 6.07) is 0. The number of alkyl carbamates (subject to hydrolysis) is 2. The molecule has 3 amide bonds. The van der Waals surface area contributed by atoms with Crippen LogP contribution in [0.5, 0.6) is 0 Å². The van der Waals surface area contributed by atoms with Gasteiger partial charge in [0, 0.05) is 66.1 Å². The van der Waals surface area contributed by atoms with E-state index < -0.39 is 93.7 Å². The van der Waals surface area contributed by atoms with E-state index in [0.717, 1.165) is 31.8 Å². The third-order valence-electron chi connectivity index (χ3n) is 16.1. The van der Waals surface area contributed by atoms with Crippen LogP contribution in [0, 0.1) is 52.3 Å². The van der Waals surface area contributed by atoms with Gasteiger partial charge in [-0.2, -0.15) is 0 Å². The molecule has 1 heterocycles. The molecular weight excluding hydrogens is 977 g/mol. The van der Waals surface area contributed by atoms with E-state index in [1.807, 2.05) is 20.8 Å². The van der Waals surface area contributed by atoms with Gasteiger partial charge in [0.05, 0.1) is 58.5 Å². The molecule has 1 unspecified atom stereocenters. The van der Waals surface area contributed by atoms with E-state index in [2.05, 4.69) is 27.8 Å². The van der Waals surface area contributed by atoms with Crippen molar-refractivity contribution in [2.24, 2.45) is 40.4 Å². The van der Waals surface area contributed by atoms with Gasteiger partial charge < -0.3 is 54.2 Å². The number of amides is 3. The number of rotatable bonds is 26. The van der Waals surface area contributed by atoms with Gasteiger partial charge in [-0.3, -0.25) is 14.4 Å². The van der Waals surface area contributed by atoms with Crippen molar-refractivity contribution in [1.82, 2.24) is 16.0 Å². The number of halogens is 2. The minimum Gasteiger partial charge on any atom is -0.449 e. The van der Waals surface area contributed by atoms with Gasteiger partial charge in [-0.15, -0.1) is 11.8 Å². The summed E-state index contributed by atoms with van der Waals surface area (Å²) in [5.41, 5.74) is -6.78. The first kappa shape index (κ1) is 56.4. The SMILES string of the molecule is CCCC1O[C@@H]2C[C@H]3[C@@H]4C[C@H](F)C5=CC(=O)C=C[C@]5(C)[C@@]4(F)[C@@H](O)C[C@]3(C)[C@]2(C(=O)COC(=O)NCCSSC(C)(C)CC(=O)NCCOCCOCCOCCNC(=O)OC[C@@H]2[C@@H]3CCC#CCC[C@@H]32)O1. The number of fused-ring (bicyclic) bond motifs is 8. The zero-order valence-corrected chi connectivity index (χ0v) is 44.0. The molecule has 16 nitrogen and oxygen atoms in total. The lowest BCUT2D eigenvalue weighted by molar-refractivity contribution is -0.234. The highest BCUT2D eigenvalue weighted by atomic mass is 33.1. The van der Waals surface area contributed by atoms with E-state index >= 15 is 8.78 Å². The molecule has 0 aromatic rings. The summed E-state index contributed by atoms with van der Waals surface area (Å²) >= 11 is 0. The highest BCUT2D eigenvalue weighted by Crippen LogP contribution is 2.72. The molecule has 6 aliphatic carbocycles. The molecule has 7 rings (SSSR count). The molecule has 1 saturated heterocycles. The number of Topliss-reactive ketones (excluding diaryl/α,β-unsaturated/α-hetero) is 1. The third-order valence-corrected chi connectivity index (χ3v) is 19.4. The van der Waals surface area contributed by atoms with Gasteiger partial charge in [0.25, 0.3) is 0 Å². The summed E-state index contributed by atoms with van der Waals surface area (Å²) < 4.78 is 73.7. The number of ketones is 2. The lowest BCUT2D eigenvalue weighted by atomic mass is 9.44. The van der Waals surface area contributed by atoms with Crippen molar-refractivity contribution in [3.8, 4) is 11.8 Å². The number of hydrogen-bond donors (Lipinski definition) is 4. The first-order valence-electron chi connectivity index (χ1n) is 25.8. The Balaban J connectivity index is 0.727. The number of hydrogen-bond acceptors (Lipinski definition) is 15. The monoisotopic (exact) mass is 1050 g/mol. The molecule has 0 aromatic carbocycles. The number of alkyl halides is 2. The van der Waals surface area contributed by atoms with E-state index in [0.29, 0.717) is 95.7 Å². The van der Waals surface area contributed by atoms with E-state index in [-0.39, 0.29) is 43.7 Å². The lowest BCUT2D eigenvalue weighted by Gasteiger charge is -2.63. The maximum Gasteiger partial charge on any atom is 0.407 e. The number of ether oxygens (including phenoxy) is 7. The van der Waals surface area contributed by atoms with Gasteiger partial charge in [0.15, 0.2) is 29.9 Å². The van der Waals surface area contributed by atoms with Gasteiger partial charge in [0.1, 0.15) is 6.17 Å². The molecule has 72 heavy (non-hydrogen) atoms. The summed E-state index contributed by atoms with van der Waals surface area (Å²) in [4.78, 5) is 64.3. The molecule has 7 aliphatic rings. The number of allylic oxidation sites excluding steroid dienone is 4. The number of aliphatic hydroxyl groups is 1. The fourth-order valence-electron chi connectivity index (χ4n) is 12.6. The topological polar surface area (TPSA) is 206 Å². The molecule has 1 aliphatic heterocycles. The first-order valence-corrected chi connectivity index (χ1v) is 28.1. The molecule has 402 valence electrons. The van der Waals surface area contributed by atoms with Crippen LogP contribution in [0.25, 0.3) is 0 Å². The lowest BCUT2D eigenvalue weighted by Crippen LogP contribution is -2.71. The standard InChI is InChI=1S/C52H75F2N3O13S2/c1-6-11-45-69-43-28-37-38-27-40(53)39-26-33(58)14-15-49(39,4)51(38,54)41(59)29-50(37,5)52(43,70-45)42(60)32-68-47(63)57-18-25-71-72-48(2,3)30-44(61)55-16-19-64-21-23-66-24-22-65-20-17-56-46(62)67-31-36-34-12-9-7-8-10-13-35(34)36/h14-15,26,34-38,40-41,43,45,59H,6,9-13,16-25,27-32H2,1-5H3,(H,55,61)(H,56,62)(H,57,63)/t34-,35+,36-,37-,38-,40-,41-,43+,45?,49-,50-,51-,52+/m0/s1. The summed E-state index contributed by atoms with van der Waals surface area (Å²) in [5.74, 6) is 5.79. The maximum atomic E-state index is 17.8. The normalized spacial score (nSPS) is 35.1. The zero-order valence-electron chi connectivity index (χ0n) is 42.4. The number of aliphatic hydroxyl groups excluding tert-OH is 1. The predicted molar refractivity (Wildman–Crippen MR) is 266 cm³/mol. The second-order valence-electron chi connectivity index (χ2n) is 21.2. The quantitative estimate of drug-likeness (QED) is 0.0422. The average Bonchev–Trinajstić information content (AvgIpc) is 3.70. The van der Waals surface area contributed by atoms with Crippen LogP contribution in [0.15, 0.2) is 23.8 Å². The minimum atomic E-state index is -2.33. The van der Waals surface area contributed by atoms with E-state index in [4.69, 9.17) is 33.2 Å². The van der Waals surface area contributed by atoms with Crippen LogP contribution in [0.3, 0.4) is 0 Å². The fourth-order valence-corrected chi connectivity index (χ4v) is 15.0. The van der Waals surface area contributed by atoms with Crippen LogP contribution in [0.2, 0.25) is 0 Å². The molecular formula is C52H75F2N3O13S2. The molecule has 4 saturated carbocycles. The Labute approximate surface area is 430 Å².